The Bertz CT molecular complexity index is 225. The van der Waals surface area contributed by atoms with E-state index in [1.165, 1.54) is 0 Å². The Hall–Kier alpha value is -0.130. The van der Waals surface area contributed by atoms with Crippen LogP contribution in [0.1, 0.15) is 6.42 Å². The minimum atomic E-state index is -2.74. The molecule has 12 heavy (non-hydrogen) atoms. The van der Waals surface area contributed by atoms with Crippen LogP contribution < -0.4 is 5.32 Å². The average molecular weight is 193 g/mol. The molecule has 4 nitrogen and oxygen atoms in total. The molecule has 0 aromatic carbocycles. The maximum Gasteiger partial charge on any atom is 0.151 e. The van der Waals surface area contributed by atoms with Gasteiger partial charge in [-0.15, -0.1) is 0 Å². The Balaban J connectivity index is 2.20. The predicted molar refractivity (Wildman–Crippen MR) is 46.9 cm³/mol. The van der Waals surface area contributed by atoms with Crippen molar-refractivity contribution in [2.24, 2.45) is 0 Å². The summed E-state index contributed by atoms with van der Waals surface area (Å²) < 4.78 is 26.8. The maximum absolute atomic E-state index is 11.0. The van der Waals surface area contributed by atoms with Gasteiger partial charge in [0.05, 0.1) is 18.1 Å². The predicted octanol–water partition coefficient (Wildman–Crippen LogP) is -0.590. The zero-order chi connectivity index (χ0) is 9.03. The summed E-state index contributed by atoms with van der Waals surface area (Å²) in [4.78, 5) is 0. The number of hydrogen-bond donors (Lipinski definition) is 1. The third-order valence-corrected chi connectivity index (χ3v) is 3.74. The zero-order valence-corrected chi connectivity index (χ0v) is 8.06. The molecule has 0 saturated carbocycles. The largest absolute Gasteiger partial charge is 0.383 e. The lowest BCUT2D eigenvalue weighted by atomic mass is 10.3. The molecule has 1 heterocycles. The molecule has 0 aliphatic carbocycles. The maximum atomic E-state index is 11.0. The molecule has 72 valence electrons. The first-order valence-corrected chi connectivity index (χ1v) is 5.89. The number of ether oxygens (including phenoxy) is 1. The number of methoxy groups -OCH3 is 1. The summed E-state index contributed by atoms with van der Waals surface area (Å²) in [6.45, 7) is 1.37. The molecule has 1 aliphatic rings. The van der Waals surface area contributed by atoms with Crippen molar-refractivity contribution in [3.63, 3.8) is 0 Å². The Morgan fingerprint density at radius 1 is 1.58 bits per heavy atom. The Morgan fingerprint density at radius 3 is 2.83 bits per heavy atom. The van der Waals surface area contributed by atoms with Crippen LogP contribution in [0.5, 0.6) is 0 Å². The van der Waals surface area contributed by atoms with E-state index in [1.54, 1.807) is 7.11 Å². The van der Waals surface area contributed by atoms with Gasteiger partial charge in [0, 0.05) is 19.7 Å². The van der Waals surface area contributed by atoms with Crippen molar-refractivity contribution in [1.82, 2.24) is 5.32 Å². The van der Waals surface area contributed by atoms with Crippen molar-refractivity contribution in [3.05, 3.63) is 0 Å². The van der Waals surface area contributed by atoms with Crippen LogP contribution in [0.25, 0.3) is 0 Å². The topological polar surface area (TPSA) is 55.4 Å². The van der Waals surface area contributed by atoms with Crippen molar-refractivity contribution >= 4 is 9.84 Å². The number of sulfone groups is 1. The van der Waals surface area contributed by atoms with Gasteiger partial charge in [-0.3, -0.25) is 0 Å². The zero-order valence-electron chi connectivity index (χ0n) is 7.25. The molecule has 0 spiro atoms. The molecule has 1 N–H and O–H groups in total. The first-order valence-electron chi connectivity index (χ1n) is 4.07. The van der Waals surface area contributed by atoms with Crippen LogP contribution in [-0.2, 0) is 14.6 Å². The van der Waals surface area contributed by atoms with E-state index in [0.29, 0.717) is 12.4 Å². The molecule has 0 bridgehead atoms. The monoisotopic (exact) mass is 193 g/mol. The molecule has 0 radical (unpaired) electrons. The lowest BCUT2D eigenvalue weighted by Crippen LogP contribution is -2.32. The SMILES string of the molecule is COCCN[C@@H]1CCS(=O)(=O)C1. The van der Waals surface area contributed by atoms with Gasteiger partial charge < -0.3 is 10.1 Å². The molecule has 1 atom stereocenters. The molecule has 5 heteroatoms. The summed E-state index contributed by atoms with van der Waals surface area (Å²) >= 11 is 0. The molecule has 1 rings (SSSR count). The van der Waals surface area contributed by atoms with E-state index >= 15 is 0 Å². The highest BCUT2D eigenvalue weighted by molar-refractivity contribution is 7.91. The quantitative estimate of drug-likeness (QED) is 0.606. The summed E-state index contributed by atoms with van der Waals surface area (Å²) in [5, 5.41) is 3.13. The molecule has 0 aromatic rings. The molecule has 1 saturated heterocycles. The highest BCUT2D eigenvalue weighted by Gasteiger charge is 2.26. The van der Waals surface area contributed by atoms with E-state index in [2.05, 4.69) is 5.32 Å². The van der Waals surface area contributed by atoms with Crippen LogP contribution in [0.15, 0.2) is 0 Å². The first kappa shape index (κ1) is 9.95. The lowest BCUT2D eigenvalue weighted by Gasteiger charge is -2.08. The molecule has 1 fully saturated rings. The fourth-order valence-electron chi connectivity index (χ4n) is 1.32. The van der Waals surface area contributed by atoms with Crippen LogP contribution in [0.4, 0.5) is 0 Å². The van der Waals surface area contributed by atoms with Crippen LogP contribution in [0.3, 0.4) is 0 Å². The van der Waals surface area contributed by atoms with Crippen LogP contribution >= 0.6 is 0 Å². The van der Waals surface area contributed by atoms with Gasteiger partial charge in [-0.2, -0.15) is 0 Å². The van der Waals surface area contributed by atoms with Crippen molar-refractivity contribution < 1.29 is 13.2 Å². The van der Waals surface area contributed by atoms with E-state index in [0.717, 1.165) is 13.0 Å². The standard InChI is InChI=1S/C7H15NO3S/c1-11-4-3-8-7-2-5-12(9,10)6-7/h7-8H,2-6H2,1H3/t7-/m1/s1. The van der Waals surface area contributed by atoms with E-state index in [1.807, 2.05) is 0 Å². The highest BCUT2D eigenvalue weighted by Crippen LogP contribution is 2.10. The molecule has 1 aliphatic heterocycles. The van der Waals surface area contributed by atoms with Crippen molar-refractivity contribution in [3.8, 4) is 0 Å². The fourth-order valence-corrected chi connectivity index (χ4v) is 3.03. The Labute approximate surface area is 73.2 Å². The fraction of sp³-hybridized carbons (Fsp3) is 1.00. The average Bonchev–Trinajstić information content (AvgIpc) is 2.31. The van der Waals surface area contributed by atoms with Gasteiger partial charge in [0.15, 0.2) is 9.84 Å². The van der Waals surface area contributed by atoms with Crippen molar-refractivity contribution in [2.75, 3.05) is 31.8 Å². The Morgan fingerprint density at radius 2 is 2.33 bits per heavy atom. The number of hydrogen-bond acceptors (Lipinski definition) is 4. The second-order valence-corrected chi connectivity index (χ2v) is 5.28. The van der Waals surface area contributed by atoms with E-state index in [4.69, 9.17) is 4.74 Å². The van der Waals surface area contributed by atoms with Gasteiger partial charge in [-0.05, 0) is 6.42 Å². The van der Waals surface area contributed by atoms with Gasteiger partial charge >= 0.3 is 0 Å². The van der Waals surface area contributed by atoms with Gasteiger partial charge in [-0.25, -0.2) is 8.42 Å². The normalized spacial score (nSPS) is 27.6. The van der Waals surface area contributed by atoms with Crippen molar-refractivity contribution in [2.45, 2.75) is 12.5 Å². The summed E-state index contributed by atoms with van der Waals surface area (Å²) in [7, 11) is -1.10. The van der Waals surface area contributed by atoms with Gasteiger partial charge in [-0.1, -0.05) is 0 Å². The molecular weight excluding hydrogens is 178 g/mol. The van der Waals surface area contributed by atoms with Crippen LogP contribution in [0.2, 0.25) is 0 Å². The molecular formula is C7H15NO3S. The minimum absolute atomic E-state index is 0.144. The van der Waals surface area contributed by atoms with Crippen LogP contribution in [-0.4, -0.2) is 46.2 Å². The van der Waals surface area contributed by atoms with E-state index in [9.17, 15) is 8.42 Å². The summed E-state index contributed by atoms with van der Waals surface area (Å²) in [5.74, 6) is 0.619. The number of nitrogens with one attached hydrogen (secondary N) is 1. The summed E-state index contributed by atoms with van der Waals surface area (Å²) in [5.41, 5.74) is 0. The van der Waals surface area contributed by atoms with E-state index < -0.39 is 9.84 Å². The summed E-state index contributed by atoms with van der Waals surface area (Å²) in [6, 6.07) is 0.144. The van der Waals surface area contributed by atoms with Gasteiger partial charge in [0.2, 0.25) is 0 Å². The van der Waals surface area contributed by atoms with Gasteiger partial charge in [0.1, 0.15) is 0 Å². The first-order chi connectivity index (χ1) is 5.64. The number of rotatable bonds is 4. The minimum Gasteiger partial charge on any atom is -0.383 e. The van der Waals surface area contributed by atoms with Gasteiger partial charge in [0.25, 0.3) is 0 Å². The molecule has 0 unspecified atom stereocenters. The second kappa shape index (κ2) is 4.20. The second-order valence-electron chi connectivity index (χ2n) is 3.05. The third kappa shape index (κ3) is 3.08. The van der Waals surface area contributed by atoms with Crippen LogP contribution in [0, 0.1) is 0 Å². The van der Waals surface area contributed by atoms with E-state index in [-0.39, 0.29) is 11.8 Å². The Kier molecular flexibility index (Phi) is 3.49. The third-order valence-electron chi connectivity index (χ3n) is 1.97. The highest BCUT2D eigenvalue weighted by atomic mass is 32.2. The molecule has 0 amide bonds. The molecule has 0 aromatic heterocycles. The lowest BCUT2D eigenvalue weighted by molar-refractivity contribution is 0.196. The summed E-state index contributed by atoms with van der Waals surface area (Å²) in [6.07, 6.45) is 0.742. The van der Waals surface area contributed by atoms with Crippen molar-refractivity contribution in [1.29, 1.82) is 0 Å². The smallest absolute Gasteiger partial charge is 0.151 e.